The molecule has 0 saturated heterocycles. The summed E-state index contributed by atoms with van der Waals surface area (Å²) in [5.41, 5.74) is 1.98. The molecule has 0 aliphatic heterocycles. The molecule has 8 heteroatoms. The molecular weight excluding hydrogens is 400 g/mol. The number of amides is 1. The van der Waals surface area contributed by atoms with Crippen molar-refractivity contribution in [1.29, 1.82) is 0 Å². The lowest BCUT2D eigenvalue weighted by atomic mass is 10.1. The van der Waals surface area contributed by atoms with Crippen LogP contribution in [0.5, 0.6) is 11.5 Å². The lowest BCUT2D eigenvalue weighted by molar-refractivity contribution is 0.0958. The highest BCUT2D eigenvalue weighted by Crippen LogP contribution is 2.31. The van der Waals surface area contributed by atoms with Crippen molar-refractivity contribution in [3.63, 3.8) is 0 Å². The molecular formula is C22H20N4O3S. The molecule has 30 heavy (non-hydrogen) atoms. The molecule has 1 amide bonds. The average Bonchev–Trinajstić information content (AvgIpc) is 3.20. The van der Waals surface area contributed by atoms with Crippen LogP contribution in [0.3, 0.4) is 0 Å². The van der Waals surface area contributed by atoms with E-state index >= 15 is 0 Å². The van der Waals surface area contributed by atoms with Crippen LogP contribution < -0.4 is 15.4 Å². The number of hydrogen-bond donors (Lipinski definition) is 3. The van der Waals surface area contributed by atoms with E-state index in [2.05, 4.69) is 20.6 Å². The average molecular weight is 420 g/mol. The third-order valence-corrected chi connectivity index (χ3v) is 5.39. The van der Waals surface area contributed by atoms with Crippen molar-refractivity contribution in [3.8, 4) is 11.5 Å². The third-order valence-electron chi connectivity index (χ3n) is 4.42. The van der Waals surface area contributed by atoms with Crippen LogP contribution in [0, 0.1) is 0 Å². The minimum Gasteiger partial charge on any atom is -0.457 e. The van der Waals surface area contributed by atoms with E-state index < -0.39 is 6.10 Å². The summed E-state index contributed by atoms with van der Waals surface area (Å²) in [6.07, 6.45) is 0.920. The fraction of sp³-hybridized carbons (Fsp3) is 0.136. The zero-order valence-corrected chi connectivity index (χ0v) is 17.0. The molecule has 152 valence electrons. The van der Waals surface area contributed by atoms with Gasteiger partial charge in [0.05, 0.1) is 16.3 Å². The highest BCUT2D eigenvalue weighted by atomic mass is 32.1. The van der Waals surface area contributed by atoms with Crippen molar-refractivity contribution in [1.82, 2.24) is 15.3 Å². The highest BCUT2D eigenvalue weighted by Gasteiger charge is 2.11. The number of fused-ring (bicyclic) bond motifs is 1. The van der Waals surface area contributed by atoms with Gasteiger partial charge in [0.2, 0.25) is 0 Å². The van der Waals surface area contributed by atoms with Crippen LogP contribution >= 0.6 is 11.3 Å². The van der Waals surface area contributed by atoms with Gasteiger partial charge in [0.15, 0.2) is 5.13 Å². The van der Waals surface area contributed by atoms with Crippen molar-refractivity contribution in [3.05, 3.63) is 78.1 Å². The molecule has 0 aliphatic rings. The molecule has 4 rings (SSSR count). The SMILES string of the molecule is CNC(=O)c1cc(Oc2ccc3nc(NC[C@H](O)c4ccccc4)sc3c2)ccn1. The van der Waals surface area contributed by atoms with Gasteiger partial charge in [0.25, 0.3) is 5.91 Å². The Morgan fingerprint density at radius 1 is 1.13 bits per heavy atom. The van der Waals surface area contributed by atoms with E-state index in [1.165, 1.54) is 17.5 Å². The fourth-order valence-corrected chi connectivity index (χ4v) is 3.79. The van der Waals surface area contributed by atoms with Crippen molar-refractivity contribution in [2.75, 3.05) is 18.9 Å². The first-order valence-electron chi connectivity index (χ1n) is 9.36. The van der Waals surface area contributed by atoms with E-state index in [-0.39, 0.29) is 11.6 Å². The van der Waals surface area contributed by atoms with E-state index in [0.717, 1.165) is 20.9 Å². The van der Waals surface area contributed by atoms with Gasteiger partial charge in [-0.25, -0.2) is 4.98 Å². The predicted octanol–water partition coefficient (Wildman–Crippen LogP) is 3.99. The van der Waals surface area contributed by atoms with Crippen molar-refractivity contribution in [2.45, 2.75) is 6.10 Å². The second kappa shape index (κ2) is 8.89. The van der Waals surface area contributed by atoms with Gasteiger partial charge in [-0.1, -0.05) is 41.7 Å². The number of anilines is 1. The molecule has 0 bridgehead atoms. The maximum absolute atomic E-state index is 11.7. The molecule has 0 saturated carbocycles. The Balaban J connectivity index is 1.45. The van der Waals surface area contributed by atoms with Crippen molar-refractivity contribution < 1.29 is 14.6 Å². The molecule has 2 aromatic carbocycles. The van der Waals surface area contributed by atoms with Crippen LogP contribution in [0.15, 0.2) is 66.9 Å². The largest absolute Gasteiger partial charge is 0.457 e. The Hall–Kier alpha value is -3.49. The molecule has 0 radical (unpaired) electrons. The number of aliphatic hydroxyl groups excluding tert-OH is 1. The van der Waals surface area contributed by atoms with Gasteiger partial charge in [-0.3, -0.25) is 9.78 Å². The van der Waals surface area contributed by atoms with Gasteiger partial charge in [-0.2, -0.15) is 0 Å². The summed E-state index contributed by atoms with van der Waals surface area (Å²) >= 11 is 1.48. The summed E-state index contributed by atoms with van der Waals surface area (Å²) in [6.45, 7) is 0.368. The summed E-state index contributed by atoms with van der Waals surface area (Å²) in [7, 11) is 1.56. The normalized spacial score (nSPS) is 11.8. The van der Waals surface area contributed by atoms with Gasteiger partial charge in [-0.15, -0.1) is 0 Å². The molecule has 0 unspecified atom stereocenters. The second-order valence-electron chi connectivity index (χ2n) is 6.51. The minimum atomic E-state index is -0.613. The van der Waals surface area contributed by atoms with Crippen LogP contribution in [0.25, 0.3) is 10.2 Å². The molecule has 2 heterocycles. The minimum absolute atomic E-state index is 0.272. The summed E-state index contributed by atoms with van der Waals surface area (Å²) in [5.74, 6) is 0.889. The molecule has 1 atom stereocenters. The highest BCUT2D eigenvalue weighted by molar-refractivity contribution is 7.22. The van der Waals surface area contributed by atoms with E-state index in [4.69, 9.17) is 4.74 Å². The Labute approximate surface area is 177 Å². The molecule has 3 N–H and O–H groups in total. The van der Waals surface area contributed by atoms with Crippen molar-refractivity contribution in [2.24, 2.45) is 0 Å². The molecule has 0 aliphatic carbocycles. The quantitative estimate of drug-likeness (QED) is 0.418. The number of carbonyl (C=O) groups excluding carboxylic acids is 1. The number of carbonyl (C=O) groups is 1. The van der Waals surface area contributed by atoms with Gasteiger partial charge in [0.1, 0.15) is 17.2 Å². The van der Waals surface area contributed by atoms with Gasteiger partial charge >= 0.3 is 0 Å². The molecule has 0 fully saturated rings. The zero-order chi connectivity index (χ0) is 20.9. The standard InChI is InChI=1S/C22H20N4O3S/c1-23-21(28)18-11-16(9-10-24-18)29-15-7-8-17-20(12-15)30-22(26-17)25-13-19(27)14-5-3-2-4-6-14/h2-12,19,27H,13H2,1H3,(H,23,28)(H,25,26)/t19-/m0/s1. The summed E-state index contributed by atoms with van der Waals surface area (Å²) in [5, 5.41) is 16.8. The summed E-state index contributed by atoms with van der Waals surface area (Å²) < 4.78 is 6.83. The number of rotatable bonds is 7. The first kappa shape index (κ1) is 19.8. The van der Waals surface area contributed by atoms with Gasteiger partial charge < -0.3 is 20.5 Å². The van der Waals surface area contributed by atoms with Crippen LogP contribution in [0.4, 0.5) is 5.13 Å². The Morgan fingerprint density at radius 3 is 2.73 bits per heavy atom. The Kier molecular flexibility index (Phi) is 5.87. The maximum Gasteiger partial charge on any atom is 0.269 e. The smallest absolute Gasteiger partial charge is 0.269 e. The number of aromatic nitrogens is 2. The van der Waals surface area contributed by atoms with Crippen LogP contribution in [0.2, 0.25) is 0 Å². The number of nitrogens with zero attached hydrogens (tertiary/aromatic N) is 2. The summed E-state index contributed by atoms with van der Waals surface area (Å²) in [4.78, 5) is 20.3. The van der Waals surface area contributed by atoms with E-state index in [1.54, 1.807) is 19.2 Å². The number of ether oxygens (including phenoxy) is 1. The predicted molar refractivity (Wildman–Crippen MR) is 117 cm³/mol. The lowest BCUT2D eigenvalue weighted by Crippen LogP contribution is -2.18. The number of thiazole rings is 1. The number of pyridine rings is 1. The topological polar surface area (TPSA) is 96.4 Å². The monoisotopic (exact) mass is 420 g/mol. The zero-order valence-electron chi connectivity index (χ0n) is 16.2. The Morgan fingerprint density at radius 2 is 1.93 bits per heavy atom. The molecule has 4 aromatic rings. The fourth-order valence-electron chi connectivity index (χ4n) is 2.88. The molecule has 0 spiro atoms. The van der Waals surface area contributed by atoms with Crippen LogP contribution in [0.1, 0.15) is 22.2 Å². The first-order chi connectivity index (χ1) is 14.6. The third kappa shape index (κ3) is 4.56. The van der Waals surface area contributed by atoms with Crippen LogP contribution in [-0.4, -0.2) is 34.6 Å². The number of benzene rings is 2. The van der Waals surface area contributed by atoms with Crippen LogP contribution in [-0.2, 0) is 0 Å². The summed E-state index contributed by atoms with van der Waals surface area (Å²) in [6, 6.07) is 18.4. The van der Waals surface area contributed by atoms with Crippen molar-refractivity contribution >= 4 is 32.6 Å². The van der Waals surface area contributed by atoms with Gasteiger partial charge in [-0.05, 0) is 23.8 Å². The second-order valence-corrected chi connectivity index (χ2v) is 7.54. The van der Waals surface area contributed by atoms with Gasteiger partial charge in [0, 0.05) is 31.9 Å². The molecule has 7 nitrogen and oxygen atoms in total. The number of nitrogens with one attached hydrogen (secondary N) is 2. The lowest BCUT2D eigenvalue weighted by Gasteiger charge is -2.10. The van der Waals surface area contributed by atoms with E-state index in [0.29, 0.717) is 18.0 Å². The first-order valence-corrected chi connectivity index (χ1v) is 10.2. The van der Waals surface area contributed by atoms with E-state index in [1.807, 2.05) is 48.5 Å². The number of aliphatic hydroxyl groups is 1. The number of hydrogen-bond acceptors (Lipinski definition) is 7. The maximum atomic E-state index is 11.7. The van der Waals surface area contributed by atoms with E-state index in [9.17, 15) is 9.90 Å². The Bertz CT molecular complexity index is 1160. The molecule has 2 aromatic heterocycles.